The van der Waals surface area contributed by atoms with Crippen LogP contribution in [0.3, 0.4) is 0 Å². The van der Waals surface area contributed by atoms with Gasteiger partial charge in [-0.15, -0.1) is 6.58 Å². The topological polar surface area (TPSA) is 30.5 Å². The van der Waals surface area contributed by atoms with E-state index in [1.54, 1.807) is 0 Å². The van der Waals surface area contributed by atoms with Gasteiger partial charge in [0.25, 0.3) is 0 Å². The monoisotopic (exact) mass is 339 g/mol. The fourth-order valence-electron chi connectivity index (χ4n) is 2.72. The number of anilines is 1. The fraction of sp³-hybridized carbons (Fsp3) is 0.364. The Morgan fingerprint density at radius 1 is 1.12 bits per heavy atom. The number of benzene rings is 2. The summed E-state index contributed by atoms with van der Waals surface area (Å²) in [6, 6.07) is 12.6. The second-order valence-corrected chi connectivity index (χ2v) is 6.08. The molecule has 0 spiro atoms. The third-order valence-electron chi connectivity index (χ3n) is 3.82. The van der Waals surface area contributed by atoms with Gasteiger partial charge in [0.15, 0.2) is 11.5 Å². The summed E-state index contributed by atoms with van der Waals surface area (Å²) in [5, 5.41) is 3.48. The molecule has 0 aliphatic heterocycles. The van der Waals surface area contributed by atoms with Crippen LogP contribution >= 0.6 is 0 Å². The molecule has 0 unspecified atom stereocenters. The lowest BCUT2D eigenvalue weighted by molar-refractivity contribution is 0.274. The first kappa shape index (κ1) is 18.9. The van der Waals surface area contributed by atoms with Gasteiger partial charge in [-0.25, -0.2) is 0 Å². The standard InChI is InChI=1S/C22H29NO2/c1-5-9-19-14-18(16-23-20-11-8-10-17(4)13-20)15-21(24-7-3)22(19)25-12-6-2/h5,8,10-11,13-15,23H,1,6-7,9,12,16H2,2-4H3. The number of hydrogen-bond donors (Lipinski definition) is 1. The molecular formula is C22H29NO2. The van der Waals surface area contributed by atoms with Gasteiger partial charge in [0.2, 0.25) is 0 Å². The number of rotatable bonds is 10. The van der Waals surface area contributed by atoms with E-state index in [0.29, 0.717) is 13.2 Å². The average molecular weight is 339 g/mol. The van der Waals surface area contributed by atoms with Gasteiger partial charge in [-0.2, -0.15) is 0 Å². The Balaban J connectivity index is 2.25. The van der Waals surface area contributed by atoms with E-state index in [-0.39, 0.29) is 0 Å². The van der Waals surface area contributed by atoms with Crippen molar-refractivity contribution in [1.29, 1.82) is 0 Å². The molecular weight excluding hydrogens is 310 g/mol. The van der Waals surface area contributed by atoms with E-state index in [2.05, 4.69) is 62.1 Å². The zero-order valence-electron chi connectivity index (χ0n) is 15.6. The van der Waals surface area contributed by atoms with Crippen LogP contribution < -0.4 is 14.8 Å². The molecule has 0 amide bonds. The summed E-state index contributed by atoms with van der Waals surface area (Å²) in [6.07, 6.45) is 3.63. The number of allylic oxidation sites excluding steroid dienone is 1. The van der Waals surface area contributed by atoms with Crippen LogP contribution in [0, 0.1) is 6.92 Å². The van der Waals surface area contributed by atoms with Crippen molar-refractivity contribution in [2.45, 2.75) is 40.2 Å². The van der Waals surface area contributed by atoms with Crippen molar-refractivity contribution >= 4 is 5.69 Å². The van der Waals surface area contributed by atoms with Gasteiger partial charge in [0.05, 0.1) is 13.2 Å². The largest absolute Gasteiger partial charge is 0.490 e. The van der Waals surface area contributed by atoms with Crippen molar-refractivity contribution in [3.05, 3.63) is 65.7 Å². The van der Waals surface area contributed by atoms with E-state index in [0.717, 1.165) is 42.1 Å². The van der Waals surface area contributed by atoms with Gasteiger partial charge >= 0.3 is 0 Å². The lowest BCUT2D eigenvalue weighted by Gasteiger charge is -2.18. The third-order valence-corrected chi connectivity index (χ3v) is 3.82. The lowest BCUT2D eigenvalue weighted by atomic mass is 10.1. The van der Waals surface area contributed by atoms with Crippen LogP contribution in [0.4, 0.5) is 5.69 Å². The molecule has 0 saturated heterocycles. The van der Waals surface area contributed by atoms with E-state index >= 15 is 0 Å². The normalized spacial score (nSPS) is 10.4. The van der Waals surface area contributed by atoms with Crippen LogP contribution in [0.2, 0.25) is 0 Å². The smallest absolute Gasteiger partial charge is 0.164 e. The fourth-order valence-corrected chi connectivity index (χ4v) is 2.72. The van der Waals surface area contributed by atoms with Crippen molar-refractivity contribution < 1.29 is 9.47 Å². The molecule has 3 nitrogen and oxygen atoms in total. The zero-order chi connectivity index (χ0) is 18.1. The molecule has 2 aromatic rings. The number of hydrogen-bond acceptors (Lipinski definition) is 3. The summed E-state index contributed by atoms with van der Waals surface area (Å²) in [6.45, 7) is 12.1. The van der Waals surface area contributed by atoms with Crippen molar-refractivity contribution in [3.8, 4) is 11.5 Å². The van der Waals surface area contributed by atoms with E-state index in [9.17, 15) is 0 Å². The molecule has 2 rings (SSSR count). The van der Waals surface area contributed by atoms with Crippen LogP contribution in [-0.4, -0.2) is 13.2 Å². The molecule has 0 atom stereocenters. The van der Waals surface area contributed by atoms with Crippen LogP contribution in [0.1, 0.15) is 37.0 Å². The summed E-state index contributed by atoms with van der Waals surface area (Å²) >= 11 is 0. The van der Waals surface area contributed by atoms with Gasteiger partial charge in [0.1, 0.15) is 0 Å². The third kappa shape index (κ3) is 5.56. The molecule has 0 bridgehead atoms. The first-order chi connectivity index (χ1) is 12.2. The van der Waals surface area contributed by atoms with E-state index in [1.807, 2.05) is 13.0 Å². The second kappa shape index (κ2) is 9.77. The highest BCUT2D eigenvalue weighted by atomic mass is 16.5. The summed E-state index contributed by atoms with van der Waals surface area (Å²) in [5.41, 5.74) is 4.66. The van der Waals surface area contributed by atoms with Gasteiger partial charge in [0, 0.05) is 17.8 Å². The van der Waals surface area contributed by atoms with Crippen molar-refractivity contribution in [2.75, 3.05) is 18.5 Å². The maximum absolute atomic E-state index is 5.96. The molecule has 0 aliphatic carbocycles. The van der Waals surface area contributed by atoms with Gasteiger partial charge in [-0.3, -0.25) is 0 Å². The molecule has 1 N–H and O–H groups in total. The number of aryl methyl sites for hydroxylation is 1. The Morgan fingerprint density at radius 3 is 2.64 bits per heavy atom. The average Bonchev–Trinajstić information content (AvgIpc) is 2.60. The summed E-state index contributed by atoms with van der Waals surface area (Å²) in [7, 11) is 0. The maximum atomic E-state index is 5.96. The van der Waals surface area contributed by atoms with Crippen LogP contribution in [0.25, 0.3) is 0 Å². The second-order valence-electron chi connectivity index (χ2n) is 6.08. The minimum absolute atomic E-state index is 0.616. The highest BCUT2D eigenvalue weighted by Crippen LogP contribution is 2.34. The Bertz CT molecular complexity index is 694. The van der Waals surface area contributed by atoms with Gasteiger partial charge in [-0.1, -0.05) is 25.1 Å². The maximum Gasteiger partial charge on any atom is 0.164 e. The predicted molar refractivity (Wildman–Crippen MR) is 106 cm³/mol. The quantitative estimate of drug-likeness (QED) is 0.578. The SMILES string of the molecule is C=CCc1cc(CNc2cccc(C)c2)cc(OCC)c1OCCC. The van der Waals surface area contributed by atoms with Crippen LogP contribution in [0.5, 0.6) is 11.5 Å². The Labute approximate surface area is 151 Å². The highest BCUT2D eigenvalue weighted by Gasteiger charge is 2.13. The van der Waals surface area contributed by atoms with E-state index in [4.69, 9.17) is 9.47 Å². The number of ether oxygens (including phenoxy) is 2. The van der Waals surface area contributed by atoms with Crippen LogP contribution in [0.15, 0.2) is 49.1 Å². The molecule has 25 heavy (non-hydrogen) atoms. The molecule has 0 fully saturated rings. The molecule has 2 aromatic carbocycles. The first-order valence-corrected chi connectivity index (χ1v) is 9.00. The molecule has 3 heteroatoms. The summed E-state index contributed by atoms with van der Waals surface area (Å²) in [5.74, 6) is 1.67. The Kier molecular flexibility index (Phi) is 7.39. The Morgan fingerprint density at radius 2 is 1.96 bits per heavy atom. The first-order valence-electron chi connectivity index (χ1n) is 9.00. The van der Waals surface area contributed by atoms with Crippen LogP contribution in [-0.2, 0) is 13.0 Å². The molecule has 0 saturated carbocycles. The van der Waals surface area contributed by atoms with Gasteiger partial charge in [-0.05, 0) is 62.1 Å². The van der Waals surface area contributed by atoms with Crippen molar-refractivity contribution in [3.63, 3.8) is 0 Å². The molecule has 134 valence electrons. The minimum atomic E-state index is 0.616. The number of nitrogens with one attached hydrogen (secondary N) is 1. The van der Waals surface area contributed by atoms with Gasteiger partial charge < -0.3 is 14.8 Å². The highest BCUT2D eigenvalue weighted by molar-refractivity contribution is 5.52. The van der Waals surface area contributed by atoms with E-state index in [1.165, 1.54) is 11.1 Å². The summed E-state index contributed by atoms with van der Waals surface area (Å²) < 4.78 is 11.8. The van der Waals surface area contributed by atoms with Crippen molar-refractivity contribution in [2.24, 2.45) is 0 Å². The molecule has 0 radical (unpaired) electrons. The minimum Gasteiger partial charge on any atom is -0.490 e. The van der Waals surface area contributed by atoms with Crippen molar-refractivity contribution in [1.82, 2.24) is 0 Å². The lowest BCUT2D eigenvalue weighted by Crippen LogP contribution is -2.06. The molecule has 0 heterocycles. The summed E-state index contributed by atoms with van der Waals surface area (Å²) in [4.78, 5) is 0. The molecule has 0 aromatic heterocycles. The predicted octanol–water partition coefficient (Wildman–Crippen LogP) is 5.52. The van der Waals surface area contributed by atoms with E-state index < -0.39 is 0 Å². The molecule has 0 aliphatic rings. The Hall–Kier alpha value is -2.42. The zero-order valence-corrected chi connectivity index (χ0v) is 15.6.